The Morgan fingerprint density at radius 3 is 1.62 bits per heavy atom. The number of carbonyl (C=O) groups is 1. The number of nitrogens with zero attached hydrogens (tertiary/aromatic N) is 3. The molecule has 2 unspecified atom stereocenters. The zero-order valence-electron chi connectivity index (χ0n) is 48.6. The molecular formula is C56H70N3O24S5+. The lowest BCUT2D eigenvalue weighted by Crippen LogP contribution is -2.33. The van der Waals surface area contributed by atoms with Crippen molar-refractivity contribution in [1.29, 1.82) is 0 Å². The predicted molar refractivity (Wildman–Crippen MR) is 320 cm³/mol. The summed E-state index contributed by atoms with van der Waals surface area (Å²) >= 11 is 0. The van der Waals surface area contributed by atoms with Gasteiger partial charge in [0, 0.05) is 84.1 Å². The number of rotatable bonds is 32. The van der Waals surface area contributed by atoms with Crippen molar-refractivity contribution in [2.75, 3.05) is 90.3 Å². The summed E-state index contributed by atoms with van der Waals surface area (Å²) in [7, 11) is -23.5. The van der Waals surface area contributed by atoms with Gasteiger partial charge in [0.15, 0.2) is 5.71 Å². The normalized spacial score (nSPS) is 18.2. The highest BCUT2D eigenvalue weighted by Gasteiger charge is 2.50. The molecular weight excluding hydrogens is 1260 g/mol. The molecule has 0 saturated carbocycles. The van der Waals surface area contributed by atoms with Gasteiger partial charge in [-0.3, -0.25) is 22.8 Å². The third kappa shape index (κ3) is 16.0. The first-order valence-corrected chi connectivity index (χ1v) is 34.7. The van der Waals surface area contributed by atoms with Crippen LogP contribution in [-0.2, 0) is 89.9 Å². The molecule has 5 aromatic rings. The molecule has 88 heavy (non-hydrogen) atoms. The smallest absolute Gasteiger partial charge is 0.333 e. The molecule has 0 aliphatic carbocycles. The Morgan fingerprint density at radius 2 is 1.12 bits per heavy atom. The summed E-state index contributed by atoms with van der Waals surface area (Å²) < 4.78 is 208. The van der Waals surface area contributed by atoms with E-state index >= 15 is 0 Å². The average Bonchev–Trinajstić information content (AvgIpc) is 1.52. The van der Waals surface area contributed by atoms with Gasteiger partial charge in [-0.15, -0.1) is 4.73 Å². The Hall–Kier alpha value is -6.21. The second kappa shape index (κ2) is 27.9. The van der Waals surface area contributed by atoms with Crippen molar-refractivity contribution in [2.24, 2.45) is 0 Å². The topological polar surface area (TPSA) is 396 Å². The zero-order valence-corrected chi connectivity index (χ0v) is 52.6. The molecule has 3 heterocycles. The van der Waals surface area contributed by atoms with E-state index in [0.717, 1.165) is 24.3 Å². The van der Waals surface area contributed by atoms with Crippen LogP contribution in [-0.4, -0.2) is 181 Å². The van der Waals surface area contributed by atoms with E-state index in [0.29, 0.717) is 82.8 Å². The largest absolute Gasteiger partial charge is 0.492 e. The van der Waals surface area contributed by atoms with Crippen LogP contribution in [0.3, 0.4) is 0 Å². The summed E-state index contributed by atoms with van der Waals surface area (Å²) in [4.78, 5) is 16.9. The van der Waals surface area contributed by atoms with Gasteiger partial charge in [0.2, 0.25) is 17.4 Å². The van der Waals surface area contributed by atoms with Gasteiger partial charge in [-0.2, -0.15) is 46.7 Å². The van der Waals surface area contributed by atoms with E-state index in [-0.39, 0.29) is 99.8 Å². The second-order valence-corrected chi connectivity index (χ2v) is 28.3. The van der Waals surface area contributed by atoms with Gasteiger partial charge in [0.25, 0.3) is 50.6 Å². The van der Waals surface area contributed by atoms with Gasteiger partial charge < -0.3 is 43.6 Å². The molecule has 0 amide bonds. The SMILES string of the molecule is CCN1C(=CC=C(C)C=CC2=[N+](CCCC(=O)On3c(O)ccc3O)c3ccc4c(S(=O)(=O)O)cc(S(=O)(=O)O)cc4c3C2(C)CCOCCOCCOCCOCCOC)C(C)(CCCS(=O)(=O)O)c2c1ccc1c(S(=O)(=O)O)cc(S(=O)(=O)O)cc21. The monoisotopic (exact) mass is 1330 g/mol. The molecule has 2 aliphatic rings. The molecule has 2 atom stereocenters. The fraction of sp³-hybridized carbons (Fsp3) is 0.429. The number of anilines is 1. The fourth-order valence-electron chi connectivity index (χ4n) is 11.1. The maximum absolute atomic E-state index is 13.2. The molecule has 0 fully saturated rings. The number of hydrogen-bond acceptors (Lipinski definition) is 20. The Bertz CT molecular complexity index is 4180. The number of ether oxygens (including phenoxy) is 5. The molecule has 1 aromatic heterocycles. The van der Waals surface area contributed by atoms with Crippen molar-refractivity contribution in [3.05, 3.63) is 107 Å². The molecule has 7 N–H and O–H groups in total. The van der Waals surface area contributed by atoms with E-state index < -0.39 is 104 Å². The number of fused-ring (bicyclic) bond motifs is 6. The Balaban J connectivity index is 1.34. The van der Waals surface area contributed by atoms with Crippen LogP contribution in [0.4, 0.5) is 11.4 Å². The van der Waals surface area contributed by atoms with Crippen LogP contribution in [0.25, 0.3) is 21.5 Å². The molecule has 2 aliphatic heterocycles. The van der Waals surface area contributed by atoms with Gasteiger partial charge in [-0.1, -0.05) is 23.8 Å². The maximum atomic E-state index is 13.2. The van der Waals surface area contributed by atoms with E-state index in [4.69, 9.17) is 28.5 Å². The van der Waals surface area contributed by atoms with E-state index in [2.05, 4.69) is 0 Å². The van der Waals surface area contributed by atoms with Crippen LogP contribution in [0, 0.1) is 0 Å². The van der Waals surface area contributed by atoms with Gasteiger partial charge in [0.05, 0.1) is 80.2 Å². The van der Waals surface area contributed by atoms with Gasteiger partial charge in [-0.25, -0.2) is 4.79 Å². The summed E-state index contributed by atoms with van der Waals surface area (Å²) in [6, 6.07) is 11.4. The van der Waals surface area contributed by atoms with Crippen molar-refractivity contribution in [1.82, 2.24) is 4.73 Å². The highest BCUT2D eigenvalue weighted by molar-refractivity contribution is 7.87. The molecule has 0 saturated heterocycles. The molecule has 0 bridgehead atoms. The first-order chi connectivity index (χ1) is 41.2. The number of allylic oxidation sites excluding steroid dienone is 6. The number of carbonyl (C=O) groups excluding carboxylic acids is 1. The van der Waals surface area contributed by atoms with Gasteiger partial charge in [0.1, 0.15) is 16.3 Å². The molecule has 0 radical (unpaired) electrons. The standard InChI is InChI=1S/C56H69N3O24S5/c1-6-57-44-14-12-40-42(33-38(85(66,67)68)35-46(40)87(72,73)74)53(44)55(3,20-8-32-84(63,64)65)48(57)16-10-37(2)11-17-49-56(4,21-23-79-26-27-81-30-31-82-29-28-80-25-24-78-5)54-43-34-39(86(69,70)71)36-47(88(75,76)77)41(43)13-15-45(54)58(49)22-7-9-52(62)83-59-50(60)18-19-51(59)61/h10-19,33-36H,6-9,20-32H2,1-5H3,(H6-,60,61,63,64,65,66,67,68,69,70,71,72,73,74,75,76,77)/p+1. The van der Waals surface area contributed by atoms with Gasteiger partial charge >= 0.3 is 5.97 Å². The third-order valence-corrected chi connectivity index (χ3v) is 19.4. The minimum atomic E-state index is -5.17. The van der Waals surface area contributed by atoms with E-state index in [1.807, 2.05) is 4.90 Å². The summed E-state index contributed by atoms with van der Waals surface area (Å²) in [5.74, 6) is -2.70. The minimum absolute atomic E-state index is 0.00327. The molecule has 4 aromatic carbocycles. The quantitative estimate of drug-likeness (QED) is 0.0113. The highest BCUT2D eigenvalue weighted by atomic mass is 32.2. The van der Waals surface area contributed by atoms with Crippen molar-refractivity contribution < 1.29 is 113 Å². The first kappa shape index (κ1) is 69.3. The van der Waals surface area contributed by atoms with Crippen LogP contribution in [0.1, 0.15) is 70.9 Å². The lowest BCUT2D eigenvalue weighted by atomic mass is 9.74. The van der Waals surface area contributed by atoms with E-state index in [9.17, 15) is 79.9 Å². The summed E-state index contributed by atoms with van der Waals surface area (Å²) in [6.07, 6.45) is 6.40. The van der Waals surface area contributed by atoms with Crippen LogP contribution < -0.4 is 9.74 Å². The summed E-state index contributed by atoms with van der Waals surface area (Å²) in [5.41, 5.74) is 0.289. The second-order valence-electron chi connectivity index (χ2n) is 21.1. The van der Waals surface area contributed by atoms with Crippen LogP contribution in [0.5, 0.6) is 11.8 Å². The molecule has 7 rings (SSSR count). The summed E-state index contributed by atoms with van der Waals surface area (Å²) in [5, 5.41) is 20.0. The number of methoxy groups -OCH3 is 1. The van der Waals surface area contributed by atoms with Crippen LogP contribution in [0.15, 0.2) is 116 Å². The van der Waals surface area contributed by atoms with Crippen LogP contribution in [0.2, 0.25) is 0 Å². The minimum Gasteiger partial charge on any atom is -0.492 e. The summed E-state index contributed by atoms with van der Waals surface area (Å²) in [6.45, 7) is 9.51. The Morgan fingerprint density at radius 1 is 0.614 bits per heavy atom. The maximum Gasteiger partial charge on any atom is 0.333 e. The number of likely N-dealkylation sites (N-methyl/N-ethyl adjacent to an activating group) is 1. The average molecular weight is 1330 g/mol. The molecule has 27 nitrogen and oxygen atoms in total. The molecule has 0 spiro atoms. The highest BCUT2D eigenvalue weighted by Crippen LogP contribution is 2.54. The zero-order chi connectivity index (χ0) is 64.8. The van der Waals surface area contributed by atoms with Crippen LogP contribution >= 0.6 is 0 Å². The van der Waals surface area contributed by atoms with Crippen molar-refractivity contribution in [3.63, 3.8) is 0 Å². The molecule has 32 heteroatoms. The lowest BCUT2D eigenvalue weighted by Gasteiger charge is -2.30. The Kier molecular flexibility index (Phi) is 22.0. The number of hydrogen-bond donors (Lipinski definition) is 7. The number of benzene rings is 4. The Labute approximate surface area is 509 Å². The molecule has 482 valence electrons. The first-order valence-electron chi connectivity index (χ1n) is 27.3. The van der Waals surface area contributed by atoms with E-state index in [1.165, 1.54) is 12.1 Å². The lowest BCUT2D eigenvalue weighted by molar-refractivity contribution is -0.438. The fourth-order valence-corrected chi connectivity index (χ4v) is 14.3. The number of aromatic hydroxyl groups is 2. The predicted octanol–water partition coefficient (Wildman–Crippen LogP) is 5.94. The van der Waals surface area contributed by atoms with Crippen molar-refractivity contribution in [3.8, 4) is 11.8 Å². The third-order valence-electron chi connectivity index (χ3n) is 15.1. The van der Waals surface area contributed by atoms with E-state index in [1.54, 1.807) is 75.8 Å². The van der Waals surface area contributed by atoms with Gasteiger partial charge in [-0.05, 0) is 106 Å². The number of aromatic nitrogens is 1. The van der Waals surface area contributed by atoms with Crippen molar-refractivity contribution >= 4 is 95.2 Å². The van der Waals surface area contributed by atoms with Crippen molar-refractivity contribution in [2.45, 2.75) is 90.2 Å².